The normalized spacial score (nSPS) is 18.2. The maximum atomic E-state index is 3.65. The van der Waals surface area contributed by atoms with Gasteiger partial charge in [-0.05, 0) is 36.6 Å². The summed E-state index contributed by atoms with van der Waals surface area (Å²) in [5.41, 5.74) is 0.464. The van der Waals surface area contributed by atoms with Crippen LogP contribution in [0, 0.1) is 17.3 Å². The summed E-state index contributed by atoms with van der Waals surface area (Å²) in [7, 11) is 0. The van der Waals surface area contributed by atoms with E-state index < -0.39 is 0 Å². The first-order valence-corrected chi connectivity index (χ1v) is 7.03. The smallest absolute Gasteiger partial charge is 0.00950 e. The molecule has 0 bridgehead atoms. The van der Waals surface area contributed by atoms with E-state index in [0.717, 1.165) is 18.4 Å². The summed E-state index contributed by atoms with van der Waals surface area (Å²) in [6.07, 6.45) is 3.92. The largest absolute Gasteiger partial charge is 0.314 e. The molecule has 0 radical (unpaired) electrons. The lowest BCUT2D eigenvalue weighted by Crippen LogP contribution is -2.36. The van der Waals surface area contributed by atoms with Crippen molar-refractivity contribution in [2.75, 3.05) is 6.54 Å². The van der Waals surface area contributed by atoms with E-state index in [-0.39, 0.29) is 0 Å². The van der Waals surface area contributed by atoms with Crippen molar-refractivity contribution in [2.45, 2.75) is 73.8 Å². The van der Waals surface area contributed by atoms with Crippen LogP contribution in [0.2, 0.25) is 0 Å². The van der Waals surface area contributed by atoms with Gasteiger partial charge in [-0.15, -0.1) is 0 Å². The fourth-order valence-corrected chi connectivity index (χ4v) is 2.63. The molecule has 3 unspecified atom stereocenters. The Morgan fingerprint density at radius 1 is 1.06 bits per heavy atom. The van der Waals surface area contributed by atoms with Crippen LogP contribution >= 0.6 is 0 Å². The van der Waals surface area contributed by atoms with Crippen LogP contribution in [0.25, 0.3) is 0 Å². The van der Waals surface area contributed by atoms with Crippen molar-refractivity contribution in [3.8, 4) is 0 Å². The predicted octanol–water partition coefficient (Wildman–Crippen LogP) is 4.47. The summed E-state index contributed by atoms with van der Waals surface area (Å²) >= 11 is 0. The van der Waals surface area contributed by atoms with Gasteiger partial charge in [0.15, 0.2) is 0 Å². The number of hydrogen-bond acceptors (Lipinski definition) is 1. The van der Waals surface area contributed by atoms with Crippen molar-refractivity contribution in [3.63, 3.8) is 0 Å². The highest BCUT2D eigenvalue weighted by molar-refractivity contribution is 4.77. The minimum absolute atomic E-state index is 0.464. The summed E-state index contributed by atoms with van der Waals surface area (Å²) in [4.78, 5) is 0. The zero-order valence-corrected chi connectivity index (χ0v) is 12.6. The van der Waals surface area contributed by atoms with E-state index in [2.05, 4.69) is 53.8 Å². The first-order chi connectivity index (χ1) is 7.30. The summed E-state index contributed by atoms with van der Waals surface area (Å²) in [5, 5.41) is 3.65. The Kier molecular flexibility index (Phi) is 7.30. The molecule has 0 heterocycles. The monoisotopic (exact) mass is 227 g/mol. The van der Waals surface area contributed by atoms with Gasteiger partial charge in [-0.25, -0.2) is 0 Å². The van der Waals surface area contributed by atoms with E-state index in [1.807, 2.05) is 0 Å². The second-order valence-electron chi connectivity index (χ2n) is 6.66. The minimum Gasteiger partial charge on any atom is -0.314 e. The molecule has 1 nitrogen and oxygen atoms in total. The van der Waals surface area contributed by atoms with Gasteiger partial charge in [0.1, 0.15) is 0 Å². The first-order valence-electron chi connectivity index (χ1n) is 7.03. The van der Waals surface area contributed by atoms with Gasteiger partial charge in [0.25, 0.3) is 0 Å². The standard InChI is InChI=1S/C15H33N/c1-8-13(4)14(16-9-2)10-12(3)11-15(5,6)7/h12-14,16H,8-11H2,1-7H3. The summed E-state index contributed by atoms with van der Waals surface area (Å²) in [5.74, 6) is 1.61. The quantitative estimate of drug-likeness (QED) is 0.676. The molecule has 1 heteroatoms. The molecular weight excluding hydrogens is 194 g/mol. The Morgan fingerprint density at radius 2 is 1.62 bits per heavy atom. The lowest BCUT2D eigenvalue weighted by atomic mass is 9.81. The van der Waals surface area contributed by atoms with Gasteiger partial charge in [0.05, 0.1) is 0 Å². The third-order valence-corrected chi connectivity index (χ3v) is 3.41. The van der Waals surface area contributed by atoms with Gasteiger partial charge in [0.2, 0.25) is 0 Å². The molecule has 0 amide bonds. The molecule has 0 spiro atoms. The molecule has 0 aliphatic rings. The topological polar surface area (TPSA) is 12.0 Å². The molecule has 0 aliphatic heterocycles. The number of nitrogens with one attached hydrogen (secondary N) is 1. The van der Waals surface area contributed by atoms with Gasteiger partial charge in [-0.3, -0.25) is 0 Å². The third-order valence-electron chi connectivity index (χ3n) is 3.41. The second-order valence-corrected chi connectivity index (χ2v) is 6.66. The Labute approximate surface area is 103 Å². The van der Waals surface area contributed by atoms with Crippen LogP contribution < -0.4 is 5.32 Å². The minimum atomic E-state index is 0.464. The van der Waals surface area contributed by atoms with Gasteiger partial charge >= 0.3 is 0 Å². The first kappa shape index (κ1) is 16.0. The third kappa shape index (κ3) is 7.27. The molecule has 0 saturated carbocycles. The molecule has 0 rings (SSSR count). The molecule has 0 aliphatic carbocycles. The SMILES string of the molecule is CCNC(CC(C)CC(C)(C)C)C(C)CC. The van der Waals surface area contributed by atoms with Crippen molar-refractivity contribution in [1.82, 2.24) is 5.32 Å². The highest BCUT2D eigenvalue weighted by atomic mass is 14.9. The lowest BCUT2D eigenvalue weighted by molar-refractivity contribution is 0.247. The molecule has 16 heavy (non-hydrogen) atoms. The van der Waals surface area contributed by atoms with Gasteiger partial charge in [-0.2, -0.15) is 0 Å². The van der Waals surface area contributed by atoms with Crippen molar-refractivity contribution >= 4 is 0 Å². The summed E-state index contributed by atoms with van der Waals surface area (Å²) < 4.78 is 0. The second kappa shape index (κ2) is 7.32. The fourth-order valence-electron chi connectivity index (χ4n) is 2.63. The Hall–Kier alpha value is -0.0400. The molecule has 0 aromatic rings. The van der Waals surface area contributed by atoms with Crippen LogP contribution in [0.5, 0.6) is 0 Å². The molecule has 98 valence electrons. The van der Waals surface area contributed by atoms with E-state index in [4.69, 9.17) is 0 Å². The highest BCUT2D eigenvalue weighted by Gasteiger charge is 2.21. The predicted molar refractivity (Wildman–Crippen MR) is 74.8 cm³/mol. The van der Waals surface area contributed by atoms with Crippen LogP contribution in [0.3, 0.4) is 0 Å². The summed E-state index contributed by atoms with van der Waals surface area (Å²) in [6, 6.07) is 0.701. The van der Waals surface area contributed by atoms with Crippen LogP contribution in [0.4, 0.5) is 0 Å². The average Bonchev–Trinajstić information content (AvgIpc) is 2.13. The Morgan fingerprint density at radius 3 is 2.00 bits per heavy atom. The Balaban J connectivity index is 4.17. The van der Waals surface area contributed by atoms with Crippen molar-refractivity contribution in [1.29, 1.82) is 0 Å². The molecule has 1 N–H and O–H groups in total. The van der Waals surface area contributed by atoms with E-state index in [9.17, 15) is 0 Å². The molecule has 0 aromatic heterocycles. The van der Waals surface area contributed by atoms with Gasteiger partial charge in [-0.1, -0.05) is 54.9 Å². The van der Waals surface area contributed by atoms with Crippen LogP contribution in [-0.4, -0.2) is 12.6 Å². The van der Waals surface area contributed by atoms with E-state index >= 15 is 0 Å². The molecule has 0 fully saturated rings. The molecule has 0 aromatic carbocycles. The Bertz CT molecular complexity index is 169. The highest BCUT2D eigenvalue weighted by Crippen LogP contribution is 2.28. The maximum absolute atomic E-state index is 3.65. The van der Waals surface area contributed by atoms with Crippen LogP contribution in [0.1, 0.15) is 67.7 Å². The maximum Gasteiger partial charge on any atom is 0.00950 e. The number of rotatable bonds is 7. The van der Waals surface area contributed by atoms with Crippen LogP contribution in [-0.2, 0) is 0 Å². The molecule has 0 saturated heterocycles. The van der Waals surface area contributed by atoms with E-state index in [1.54, 1.807) is 0 Å². The number of hydrogen-bond donors (Lipinski definition) is 1. The van der Waals surface area contributed by atoms with Gasteiger partial charge < -0.3 is 5.32 Å². The van der Waals surface area contributed by atoms with Gasteiger partial charge in [0, 0.05) is 6.04 Å². The van der Waals surface area contributed by atoms with E-state index in [0.29, 0.717) is 11.5 Å². The molecular formula is C15H33N. The van der Waals surface area contributed by atoms with Crippen molar-refractivity contribution < 1.29 is 0 Å². The zero-order chi connectivity index (χ0) is 12.8. The summed E-state index contributed by atoms with van der Waals surface area (Å²) in [6.45, 7) is 17.4. The fraction of sp³-hybridized carbons (Fsp3) is 1.00. The average molecular weight is 227 g/mol. The molecule has 3 atom stereocenters. The van der Waals surface area contributed by atoms with Crippen molar-refractivity contribution in [3.05, 3.63) is 0 Å². The zero-order valence-electron chi connectivity index (χ0n) is 12.6. The lowest BCUT2D eigenvalue weighted by Gasteiger charge is -2.30. The van der Waals surface area contributed by atoms with E-state index in [1.165, 1.54) is 19.3 Å². The van der Waals surface area contributed by atoms with Crippen LogP contribution in [0.15, 0.2) is 0 Å². The van der Waals surface area contributed by atoms with Crippen molar-refractivity contribution in [2.24, 2.45) is 17.3 Å².